The van der Waals surface area contributed by atoms with Crippen molar-refractivity contribution in [2.24, 2.45) is 0 Å². The summed E-state index contributed by atoms with van der Waals surface area (Å²) in [6.07, 6.45) is 0. The van der Waals surface area contributed by atoms with Crippen LogP contribution in [0.5, 0.6) is 0 Å². The van der Waals surface area contributed by atoms with Crippen molar-refractivity contribution >= 4 is 28.1 Å². The number of benzene rings is 2. The molecule has 0 aliphatic heterocycles. The summed E-state index contributed by atoms with van der Waals surface area (Å²) in [6.45, 7) is 1.69. The number of anilines is 1. The van der Waals surface area contributed by atoms with Crippen LogP contribution < -0.4 is 5.32 Å². The van der Waals surface area contributed by atoms with Gasteiger partial charge in [0.1, 0.15) is 0 Å². The van der Waals surface area contributed by atoms with Crippen LogP contribution in [0.1, 0.15) is 15.9 Å². The highest BCUT2D eigenvalue weighted by Crippen LogP contribution is 2.29. The highest BCUT2D eigenvalue weighted by atomic mass is 32.1. The van der Waals surface area contributed by atoms with Crippen LogP contribution in [0.4, 0.5) is 10.8 Å². The normalized spacial score (nSPS) is 10.4. The second-order valence-electron chi connectivity index (χ2n) is 5.12. The van der Waals surface area contributed by atoms with Gasteiger partial charge in [0.05, 0.1) is 10.6 Å². The lowest BCUT2D eigenvalue weighted by Crippen LogP contribution is -2.11. The molecule has 1 heterocycles. The van der Waals surface area contributed by atoms with E-state index in [1.165, 1.54) is 17.4 Å². The molecule has 0 saturated heterocycles. The van der Waals surface area contributed by atoms with Crippen molar-refractivity contribution in [3.63, 3.8) is 0 Å². The number of carbonyl (C=O) groups excluding carboxylic acids is 1. The molecule has 0 unspecified atom stereocenters. The van der Waals surface area contributed by atoms with Crippen LogP contribution in [0.25, 0.3) is 11.3 Å². The SMILES string of the molecule is Cc1ccc(-c2csc(NC(=O)c3ccccc3)n2)cc1[N+](=O)[O-]. The van der Waals surface area contributed by atoms with Gasteiger partial charge in [0.25, 0.3) is 11.6 Å². The van der Waals surface area contributed by atoms with Crippen LogP contribution >= 0.6 is 11.3 Å². The van der Waals surface area contributed by atoms with Crippen molar-refractivity contribution in [1.82, 2.24) is 4.98 Å². The van der Waals surface area contributed by atoms with E-state index in [0.29, 0.717) is 27.5 Å². The zero-order chi connectivity index (χ0) is 17.1. The maximum Gasteiger partial charge on any atom is 0.272 e. The van der Waals surface area contributed by atoms with Crippen LogP contribution in [0.3, 0.4) is 0 Å². The highest BCUT2D eigenvalue weighted by Gasteiger charge is 2.14. The lowest BCUT2D eigenvalue weighted by Gasteiger charge is -2.02. The molecule has 1 amide bonds. The maximum atomic E-state index is 12.1. The van der Waals surface area contributed by atoms with Gasteiger partial charge in [-0.2, -0.15) is 0 Å². The number of hydrogen-bond donors (Lipinski definition) is 1. The van der Waals surface area contributed by atoms with Gasteiger partial charge in [-0.05, 0) is 19.1 Å². The molecule has 2 aromatic carbocycles. The van der Waals surface area contributed by atoms with Crippen LogP contribution in [0.15, 0.2) is 53.9 Å². The Balaban J connectivity index is 1.82. The summed E-state index contributed by atoms with van der Waals surface area (Å²) >= 11 is 1.27. The number of nitrogens with zero attached hydrogens (tertiary/aromatic N) is 2. The van der Waals surface area contributed by atoms with Crippen molar-refractivity contribution in [3.8, 4) is 11.3 Å². The summed E-state index contributed by atoms with van der Waals surface area (Å²) in [5, 5.41) is 16.0. The third-order valence-corrected chi connectivity index (χ3v) is 4.22. The summed E-state index contributed by atoms with van der Waals surface area (Å²) in [5.41, 5.74) is 2.42. The van der Waals surface area contributed by atoms with E-state index in [4.69, 9.17) is 0 Å². The van der Waals surface area contributed by atoms with E-state index in [0.717, 1.165) is 0 Å². The average Bonchev–Trinajstić information content (AvgIpc) is 3.04. The minimum absolute atomic E-state index is 0.0513. The second kappa shape index (κ2) is 6.59. The van der Waals surface area contributed by atoms with Gasteiger partial charge >= 0.3 is 0 Å². The maximum absolute atomic E-state index is 12.1. The van der Waals surface area contributed by atoms with Gasteiger partial charge in [0.15, 0.2) is 5.13 Å². The predicted octanol–water partition coefficient (Wildman–Crippen LogP) is 4.28. The monoisotopic (exact) mass is 339 g/mol. The molecular weight excluding hydrogens is 326 g/mol. The van der Waals surface area contributed by atoms with E-state index in [1.807, 2.05) is 6.07 Å². The Morgan fingerprint density at radius 2 is 1.96 bits per heavy atom. The Labute approximate surface area is 141 Å². The first kappa shape index (κ1) is 15.8. The van der Waals surface area contributed by atoms with Crippen LogP contribution in [0.2, 0.25) is 0 Å². The molecule has 1 aromatic heterocycles. The lowest BCUT2D eigenvalue weighted by molar-refractivity contribution is -0.385. The standard InChI is InChI=1S/C17H13N3O3S/c1-11-7-8-13(9-15(11)20(22)23)14-10-24-17(18-14)19-16(21)12-5-3-2-4-6-12/h2-10H,1H3,(H,18,19,21). The molecule has 120 valence electrons. The number of thiazole rings is 1. The first-order valence-corrected chi connectivity index (χ1v) is 8.00. The Morgan fingerprint density at radius 3 is 2.67 bits per heavy atom. The molecule has 0 bridgehead atoms. The van der Waals surface area contributed by atoms with Crippen molar-refractivity contribution in [2.45, 2.75) is 6.92 Å². The third kappa shape index (κ3) is 3.31. The number of amides is 1. The van der Waals surface area contributed by atoms with Crippen LogP contribution in [-0.2, 0) is 0 Å². The zero-order valence-corrected chi connectivity index (χ0v) is 13.5. The molecule has 0 fully saturated rings. The number of rotatable bonds is 4. The summed E-state index contributed by atoms with van der Waals surface area (Å²) in [4.78, 5) is 27.1. The summed E-state index contributed by atoms with van der Waals surface area (Å²) in [7, 11) is 0. The fraction of sp³-hybridized carbons (Fsp3) is 0.0588. The van der Waals surface area contributed by atoms with Gasteiger partial charge in [-0.15, -0.1) is 11.3 Å². The number of nitro benzene ring substituents is 1. The molecule has 0 aliphatic carbocycles. The van der Waals surface area contributed by atoms with Crippen LogP contribution in [-0.4, -0.2) is 15.8 Å². The zero-order valence-electron chi connectivity index (χ0n) is 12.7. The summed E-state index contributed by atoms with van der Waals surface area (Å²) in [5.74, 6) is -0.244. The minimum Gasteiger partial charge on any atom is -0.298 e. The highest BCUT2D eigenvalue weighted by molar-refractivity contribution is 7.14. The van der Waals surface area contributed by atoms with Gasteiger partial charge in [0.2, 0.25) is 0 Å². The molecule has 0 atom stereocenters. The molecule has 1 N–H and O–H groups in total. The fourth-order valence-electron chi connectivity index (χ4n) is 2.19. The van der Waals surface area contributed by atoms with Gasteiger partial charge < -0.3 is 0 Å². The van der Waals surface area contributed by atoms with E-state index in [-0.39, 0.29) is 11.6 Å². The predicted molar refractivity (Wildman–Crippen MR) is 93.3 cm³/mol. The molecule has 6 nitrogen and oxygen atoms in total. The van der Waals surface area contributed by atoms with E-state index in [9.17, 15) is 14.9 Å². The van der Waals surface area contributed by atoms with Crippen LogP contribution in [0, 0.1) is 17.0 Å². The molecule has 24 heavy (non-hydrogen) atoms. The topological polar surface area (TPSA) is 85.1 Å². The average molecular weight is 339 g/mol. The first-order valence-electron chi connectivity index (χ1n) is 7.12. The number of nitrogens with one attached hydrogen (secondary N) is 1. The molecule has 0 aliphatic rings. The molecule has 0 saturated carbocycles. The van der Waals surface area contributed by atoms with Crippen molar-refractivity contribution < 1.29 is 9.72 Å². The second-order valence-corrected chi connectivity index (χ2v) is 5.97. The molecule has 0 spiro atoms. The smallest absolute Gasteiger partial charge is 0.272 e. The quantitative estimate of drug-likeness (QED) is 0.568. The van der Waals surface area contributed by atoms with E-state index in [1.54, 1.807) is 48.7 Å². The number of carbonyl (C=O) groups is 1. The van der Waals surface area contributed by atoms with Crippen molar-refractivity contribution in [1.29, 1.82) is 0 Å². The van der Waals surface area contributed by atoms with Gasteiger partial charge in [-0.1, -0.05) is 30.3 Å². The number of aromatic nitrogens is 1. The van der Waals surface area contributed by atoms with E-state index >= 15 is 0 Å². The minimum atomic E-state index is -0.413. The Bertz CT molecular complexity index is 906. The molecule has 3 aromatic rings. The summed E-state index contributed by atoms with van der Waals surface area (Å²) < 4.78 is 0. The number of aryl methyl sites for hydroxylation is 1. The van der Waals surface area contributed by atoms with Gasteiger partial charge in [-0.25, -0.2) is 4.98 Å². The van der Waals surface area contributed by atoms with Gasteiger partial charge in [0, 0.05) is 28.1 Å². The largest absolute Gasteiger partial charge is 0.298 e. The Hall–Kier alpha value is -3.06. The van der Waals surface area contributed by atoms with Gasteiger partial charge in [-0.3, -0.25) is 20.2 Å². The van der Waals surface area contributed by atoms with E-state index in [2.05, 4.69) is 10.3 Å². The number of nitro groups is 1. The Morgan fingerprint density at radius 1 is 1.21 bits per heavy atom. The van der Waals surface area contributed by atoms with Crippen molar-refractivity contribution in [3.05, 3.63) is 75.2 Å². The summed E-state index contributed by atoms with van der Waals surface area (Å²) in [6, 6.07) is 13.8. The van der Waals surface area contributed by atoms with Crippen molar-refractivity contribution in [2.75, 3.05) is 5.32 Å². The molecule has 0 radical (unpaired) electrons. The molecule has 7 heteroatoms. The van der Waals surface area contributed by atoms with E-state index < -0.39 is 4.92 Å². The Kier molecular flexibility index (Phi) is 4.35. The third-order valence-electron chi connectivity index (χ3n) is 3.46. The first-order chi connectivity index (χ1) is 11.5. The number of hydrogen-bond acceptors (Lipinski definition) is 5. The fourth-order valence-corrected chi connectivity index (χ4v) is 2.90. The lowest BCUT2D eigenvalue weighted by atomic mass is 10.1. The molecule has 3 rings (SSSR count). The molecular formula is C17H13N3O3S.